The van der Waals surface area contributed by atoms with Crippen LogP contribution in [-0.2, 0) is 11.3 Å². The highest BCUT2D eigenvalue weighted by molar-refractivity contribution is 6.30. The van der Waals surface area contributed by atoms with Gasteiger partial charge in [0.1, 0.15) is 5.82 Å². The van der Waals surface area contributed by atoms with Crippen LogP contribution in [0.5, 0.6) is 0 Å². The Bertz CT molecular complexity index is 453. The van der Waals surface area contributed by atoms with Crippen molar-refractivity contribution in [2.24, 2.45) is 5.92 Å². The summed E-state index contributed by atoms with van der Waals surface area (Å²) in [6, 6.07) is 4.61. The average molecular weight is 271 g/mol. The fraction of sp³-hybridized carbons (Fsp3) is 0.462. The molecule has 0 radical (unpaired) electrons. The Kier molecular flexibility index (Phi) is 4.19. The number of carbonyl (C=O) groups excluding carboxylic acids is 1. The van der Waals surface area contributed by atoms with Crippen LogP contribution in [0.15, 0.2) is 18.2 Å². The van der Waals surface area contributed by atoms with Crippen molar-refractivity contribution in [1.82, 2.24) is 10.6 Å². The van der Waals surface area contributed by atoms with E-state index in [1.807, 2.05) is 0 Å². The summed E-state index contributed by atoms with van der Waals surface area (Å²) in [5.41, 5.74) is 0.405. The highest BCUT2D eigenvalue weighted by Crippen LogP contribution is 2.18. The minimum atomic E-state index is -0.466. The third kappa shape index (κ3) is 3.00. The van der Waals surface area contributed by atoms with Crippen molar-refractivity contribution in [2.45, 2.75) is 25.9 Å². The molecule has 0 bridgehead atoms. The normalized spacial score (nSPS) is 23.1. The molecule has 0 aliphatic carbocycles. The number of hydrogen-bond acceptors (Lipinski definition) is 2. The summed E-state index contributed by atoms with van der Waals surface area (Å²) in [4.78, 5) is 11.8. The van der Waals surface area contributed by atoms with Crippen molar-refractivity contribution in [3.8, 4) is 0 Å². The first-order valence-electron chi connectivity index (χ1n) is 6.02. The standard InChI is InChI=1S/C13H16ClFN2O/c1-8-5-11(16-6-8)13(18)17-7-9-3-2-4-10(14)12(9)15/h2-4,8,11,16H,5-7H2,1H3,(H,17,18). The van der Waals surface area contributed by atoms with Crippen LogP contribution in [-0.4, -0.2) is 18.5 Å². The van der Waals surface area contributed by atoms with Gasteiger partial charge in [-0.05, 0) is 24.9 Å². The fourth-order valence-electron chi connectivity index (χ4n) is 2.10. The first kappa shape index (κ1) is 13.3. The summed E-state index contributed by atoms with van der Waals surface area (Å²) < 4.78 is 13.6. The molecule has 2 atom stereocenters. The summed E-state index contributed by atoms with van der Waals surface area (Å²) in [5, 5.41) is 5.94. The molecule has 1 fully saturated rings. The van der Waals surface area contributed by atoms with Gasteiger partial charge in [0.2, 0.25) is 5.91 Å². The maximum atomic E-state index is 13.6. The van der Waals surface area contributed by atoms with Crippen LogP contribution in [0.3, 0.4) is 0 Å². The summed E-state index contributed by atoms with van der Waals surface area (Å²) in [6.07, 6.45) is 0.823. The lowest BCUT2D eigenvalue weighted by atomic mass is 10.1. The first-order chi connectivity index (χ1) is 8.58. The maximum Gasteiger partial charge on any atom is 0.237 e. The van der Waals surface area contributed by atoms with Crippen molar-refractivity contribution in [3.63, 3.8) is 0 Å². The Labute approximate surface area is 111 Å². The monoisotopic (exact) mass is 270 g/mol. The van der Waals surface area contributed by atoms with Gasteiger partial charge in [-0.3, -0.25) is 4.79 Å². The van der Waals surface area contributed by atoms with E-state index in [2.05, 4.69) is 17.6 Å². The highest BCUT2D eigenvalue weighted by Gasteiger charge is 2.26. The number of rotatable bonds is 3. The van der Waals surface area contributed by atoms with Gasteiger partial charge in [-0.15, -0.1) is 0 Å². The quantitative estimate of drug-likeness (QED) is 0.883. The number of amides is 1. The van der Waals surface area contributed by atoms with E-state index in [0.717, 1.165) is 13.0 Å². The third-order valence-electron chi connectivity index (χ3n) is 3.15. The molecule has 5 heteroatoms. The van der Waals surface area contributed by atoms with Gasteiger partial charge in [-0.25, -0.2) is 4.39 Å². The number of carbonyl (C=O) groups is 1. The van der Waals surface area contributed by atoms with Crippen molar-refractivity contribution in [1.29, 1.82) is 0 Å². The van der Waals surface area contributed by atoms with Crippen LogP contribution in [0, 0.1) is 11.7 Å². The van der Waals surface area contributed by atoms with Gasteiger partial charge in [-0.2, -0.15) is 0 Å². The van der Waals surface area contributed by atoms with Crippen LogP contribution in [0.4, 0.5) is 4.39 Å². The molecule has 1 aliphatic heterocycles. The molecule has 1 saturated heterocycles. The number of hydrogen-bond donors (Lipinski definition) is 2. The van der Waals surface area contributed by atoms with Crippen LogP contribution in [0.25, 0.3) is 0 Å². The Balaban J connectivity index is 1.91. The molecule has 2 rings (SSSR count). The maximum absolute atomic E-state index is 13.6. The van der Waals surface area contributed by atoms with E-state index in [1.54, 1.807) is 12.1 Å². The van der Waals surface area contributed by atoms with Crippen molar-refractivity contribution in [3.05, 3.63) is 34.6 Å². The molecule has 0 aromatic heterocycles. The zero-order valence-electron chi connectivity index (χ0n) is 10.2. The number of nitrogens with one attached hydrogen (secondary N) is 2. The van der Waals surface area contributed by atoms with Crippen LogP contribution >= 0.6 is 11.6 Å². The lowest BCUT2D eigenvalue weighted by Crippen LogP contribution is -2.40. The van der Waals surface area contributed by atoms with Crippen LogP contribution < -0.4 is 10.6 Å². The van der Waals surface area contributed by atoms with E-state index < -0.39 is 5.82 Å². The largest absolute Gasteiger partial charge is 0.351 e. The Morgan fingerprint density at radius 2 is 2.39 bits per heavy atom. The van der Waals surface area contributed by atoms with Gasteiger partial charge >= 0.3 is 0 Å². The Hall–Kier alpha value is -1.13. The molecule has 1 amide bonds. The number of benzene rings is 1. The van der Waals surface area contributed by atoms with Crippen molar-refractivity contribution in [2.75, 3.05) is 6.54 Å². The second kappa shape index (κ2) is 5.67. The van der Waals surface area contributed by atoms with Crippen LogP contribution in [0.1, 0.15) is 18.9 Å². The molecule has 1 aliphatic rings. The van der Waals surface area contributed by atoms with E-state index in [9.17, 15) is 9.18 Å². The van der Waals surface area contributed by atoms with Gasteiger partial charge in [0.05, 0.1) is 11.1 Å². The van der Waals surface area contributed by atoms with Gasteiger partial charge in [-0.1, -0.05) is 30.7 Å². The molecule has 0 spiro atoms. The minimum absolute atomic E-state index is 0.0781. The predicted octanol–water partition coefficient (Wildman–Crippen LogP) is 2.09. The second-order valence-electron chi connectivity index (χ2n) is 4.73. The van der Waals surface area contributed by atoms with E-state index >= 15 is 0 Å². The minimum Gasteiger partial charge on any atom is -0.351 e. The van der Waals surface area contributed by atoms with E-state index in [-0.39, 0.29) is 23.5 Å². The predicted molar refractivity (Wildman–Crippen MR) is 68.8 cm³/mol. The molecular weight excluding hydrogens is 255 g/mol. The van der Waals surface area contributed by atoms with Gasteiger partial charge < -0.3 is 10.6 Å². The topological polar surface area (TPSA) is 41.1 Å². The lowest BCUT2D eigenvalue weighted by Gasteiger charge is -2.12. The smallest absolute Gasteiger partial charge is 0.237 e. The van der Waals surface area contributed by atoms with Gasteiger partial charge in [0.15, 0.2) is 0 Å². The summed E-state index contributed by atoms with van der Waals surface area (Å²) >= 11 is 5.68. The molecule has 0 saturated carbocycles. The summed E-state index contributed by atoms with van der Waals surface area (Å²) in [5.74, 6) is -0.0467. The number of halogens is 2. The first-order valence-corrected chi connectivity index (χ1v) is 6.39. The fourth-order valence-corrected chi connectivity index (χ4v) is 2.30. The third-order valence-corrected chi connectivity index (χ3v) is 3.44. The highest BCUT2D eigenvalue weighted by atomic mass is 35.5. The van der Waals surface area contributed by atoms with Gasteiger partial charge in [0, 0.05) is 12.1 Å². The van der Waals surface area contributed by atoms with E-state index in [1.165, 1.54) is 6.07 Å². The summed E-state index contributed by atoms with van der Waals surface area (Å²) in [7, 11) is 0. The van der Waals surface area contributed by atoms with Crippen molar-refractivity contribution < 1.29 is 9.18 Å². The van der Waals surface area contributed by atoms with E-state index in [4.69, 9.17) is 11.6 Å². The molecule has 2 N–H and O–H groups in total. The summed E-state index contributed by atoms with van der Waals surface area (Å²) in [6.45, 7) is 3.11. The zero-order valence-corrected chi connectivity index (χ0v) is 10.9. The molecule has 3 nitrogen and oxygen atoms in total. The van der Waals surface area contributed by atoms with E-state index in [0.29, 0.717) is 11.5 Å². The Morgan fingerprint density at radius 3 is 3.06 bits per heavy atom. The average Bonchev–Trinajstić information content (AvgIpc) is 2.77. The molecule has 18 heavy (non-hydrogen) atoms. The van der Waals surface area contributed by atoms with Gasteiger partial charge in [0.25, 0.3) is 0 Å². The molecule has 1 heterocycles. The molecule has 1 aromatic rings. The molecule has 2 unspecified atom stereocenters. The SMILES string of the molecule is CC1CNC(C(=O)NCc2cccc(Cl)c2F)C1. The zero-order chi connectivity index (χ0) is 13.1. The molecule has 1 aromatic carbocycles. The molecule has 98 valence electrons. The second-order valence-corrected chi connectivity index (χ2v) is 5.14. The Morgan fingerprint density at radius 1 is 1.61 bits per heavy atom. The van der Waals surface area contributed by atoms with Crippen LogP contribution in [0.2, 0.25) is 5.02 Å². The van der Waals surface area contributed by atoms with Crippen molar-refractivity contribution >= 4 is 17.5 Å². The lowest BCUT2D eigenvalue weighted by molar-refractivity contribution is -0.123. The molecular formula is C13H16ClFN2O.